The third-order valence-electron chi connectivity index (χ3n) is 3.69. The van der Waals surface area contributed by atoms with E-state index in [-0.39, 0.29) is 5.91 Å². The molecule has 1 aliphatic heterocycles. The van der Waals surface area contributed by atoms with Crippen LogP contribution in [0.3, 0.4) is 0 Å². The van der Waals surface area contributed by atoms with Gasteiger partial charge in [-0.15, -0.1) is 0 Å². The topological polar surface area (TPSA) is 67.6 Å². The van der Waals surface area contributed by atoms with E-state index >= 15 is 0 Å². The third kappa shape index (κ3) is 4.88. The molecule has 1 amide bonds. The van der Waals surface area contributed by atoms with E-state index in [9.17, 15) is 4.79 Å². The summed E-state index contributed by atoms with van der Waals surface area (Å²) in [5, 5.41) is 3.28. The Morgan fingerprint density at radius 3 is 3.10 bits per heavy atom. The smallest absolute Gasteiger partial charge is 0.225 e. The number of hydrogen-bond donors (Lipinski definition) is 2. The fraction of sp³-hybridized carbons (Fsp3) is 0.533. The van der Waals surface area contributed by atoms with Crippen molar-refractivity contribution in [3.05, 3.63) is 23.2 Å². The SMILES string of the molecule is COCC1CCN(CCC(=O)Nc2ccc(N)cc2Cl)C1. The average molecular weight is 312 g/mol. The van der Waals surface area contributed by atoms with Crippen LogP contribution in [0.2, 0.25) is 5.02 Å². The van der Waals surface area contributed by atoms with Crippen molar-refractivity contribution >= 4 is 28.9 Å². The number of likely N-dealkylation sites (tertiary alicyclic amines) is 1. The average Bonchev–Trinajstić information content (AvgIpc) is 2.88. The molecule has 0 saturated carbocycles. The molecular weight excluding hydrogens is 290 g/mol. The Kier molecular flexibility index (Phi) is 5.85. The molecule has 1 unspecified atom stereocenters. The highest BCUT2D eigenvalue weighted by Gasteiger charge is 2.22. The maximum absolute atomic E-state index is 12.0. The molecule has 0 radical (unpaired) electrons. The molecule has 3 N–H and O–H groups in total. The van der Waals surface area contributed by atoms with Crippen LogP contribution < -0.4 is 11.1 Å². The zero-order valence-electron chi connectivity index (χ0n) is 12.3. The van der Waals surface area contributed by atoms with Gasteiger partial charge in [0.1, 0.15) is 0 Å². The molecule has 1 fully saturated rings. The Balaban J connectivity index is 1.75. The molecule has 1 saturated heterocycles. The molecule has 5 nitrogen and oxygen atoms in total. The molecule has 1 aromatic rings. The zero-order valence-corrected chi connectivity index (χ0v) is 13.0. The van der Waals surface area contributed by atoms with Crippen LogP contribution in [-0.4, -0.2) is 44.2 Å². The number of nitrogens with zero attached hydrogens (tertiary/aromatic N) is 1. The van der Waals surface area contributed by atoms with Gasteiger partial charge in [-0.3, -0.25) is 4.79 Å². The molecule has 0 aromatic heterocycles. The van der Waals surface area contributed by atoms with E-state index in [0.29, 0.717) is 28.7 Å². The van der Waals surface area contributed by atoms with Gasteiger partial charge in [0.2, 0.25) is 5.91 Å². The highest BCUT2D eigenvalue weighted by atomic mass is 35.5. The number of anilines is 2. The molecular formula is C15H22ClN3O2. The van der Waals surface area contributed by atoms with Crippen molar-refractivity contribution in [3.63, 3.8) is 0 Å². The number of methoxy groups -OCH3 is 1. The van der Waals surface area contributed by atoms with Gasteiger partial charge in [-0.1, -0.05) is 11.6 Å². The second kappa shape index (κ2) is 7.64. The van der Waals surface area contributed by atoms with Crippen molar-refractivity contribution in [1.82, 2.24) is 4.90 Å². The maximum atomic E-state index is 12.0. The summed E-state index contributed by atoms with van der Waals surface area (Å²) in [5.41, 5.74) is 6.81. The number of halogens is 1. The Hall–Kier alpha value is -1.30. The van der Waals surface area contributed by atoms with Crippen molar-refractivity contribution in [2.45, 2.75) is 12.8 Å². The minimum Gasteiger partial charge on any atom is -0.399 e. The maximum Gasteiger partial charge on any atom is 0.225 e. The van der Waals surface area contributed by atoms with Gasteiger partial charge in [-0.05, 0) is 37.1 Å². The lowest BCUT2D eigenvalue weighted by Gasteiger charge is -2.15. The van der Waals surface area contributed by atoms with Gasteiger partial charge in [0.25, 0.3) is 0 Å². The predicted octanol–water partition coefficient (Wildman–Crippen LogP) is 2.22. The number of carbonyl (C=O) groups is 1. The number of amides is 1. The van der Waals surface area contributed by atoms with E-state index in [0.717, 1.165) is 32.7 Å². The minimum atomic E-state index is -0.0307. The fourth-order valence-corrected chi connectivity index (χ4v) is 2.83. The van der Waals surface area contributed by atoms with Gasteiger partial charge >= 0.3 is 0 Å². The van der Waals surface area contributed by atoms with E-state index in [4.69, 9.17) is 22.1 Å². The van der Waals surface area contributed by atoms with Gasteiger partial charge in [0.05, 0.1) is 17.3 Å². The predicted molar refractivity (Wildman–Crippen MR) is 85.5 cm³/mol. The summed E-state index contributed by atoms with van der Waals surface area (Å²) >= 11 is 6.04. The first-order chi connectivity index (χ1) is 10.1. The van der Waals surface area contributed by atoms with Crippen LogP contribution in [-0.2, 0) is 9.53 Å². The Morgan fingerprint density at radius 2 is 2.38 bits per heavy atom. The monoisotopic (exact) mass is 311 g/mol. The Morgan fingerprint density at radius 1 is 1.57 bits per heavy atom. The quantitative estimate of drug-likeness (QED) is 0.791. The second-order valence-electron chi connectivity index (χ2n) is 5.45. The number of carbonyl (C=O) groups excluding carboxylic acids is 1. The third-order valence-corrected chi connectivity index (χ3v) is 4.01. The normalized spacial score (nSPS) is 18.9. The fourth-order valence-electron chi connectivity index (χ4n) is 2.59. The summed E-state index contributed by atoms with van der Waals surface area (Å²) in [6.07, 6.45) is 1.60. The van der Waals surface area contributed by atoms with Crippen LogP contribution in [0.15, 0.2) is 18.2 Å². The molecule has 0 spiro atoms. The first kappa shape index (κ1) is 16.1. The van der Waals surface area contributed by atoms with E-state index < -0.39 is 0 Å². The standard InChI is InChI=1S/C15H22ClN3O2/c1-21-10-11-4-6-19(9-11)7-5-15(20)18-14-3-2-12(17)8-13(14)16/h2-3,8,11H,4-7,9-10,17H2,1H3,(H,18,20). The van der Waals surface area contributed by atoms with Crippen molar-refractivity contribution in [1.29, 1.82) is 0 Å². The number of ether oxygens (including phenoxy) is 1. The summed E-state index contributed by atoms with van der Waals surface area (Å²) in [5.74, 6) is 0.557. The summed E-state index contributed by atoms with van der Waals surface area (Å²) in [7, 11) is 1.73. The molecule has 1 heterocycles. The summed E-state index contributed by atoms with van der Waals surface area (Å²) < 4.78 is 5.17. The van der Waals surface area contributed by atoms with Crippen LogP contribution in [0.4, 0.5) is 11.4 Å². The van der Waals surface area contributed by atoms with Crippen LogP contribution in [0.1, 0.15) is 12.8 Å². The van der Waals surface area contributed by atoms with Crippen molar-refractivity contribution in [2.75, 3.05) is 44.4 Å². The lowest BCUT2D eigenvalue weighted by molar-refractivity contribution is -0.116. The van der Waals surface area contributed by atoms with Crippen molar-refractivity contribution in [3.8, 4) is 0 Å². The van der Waals surface area contributed by atoms with Gasteiger partial charge in [0, 0.05) is 32.3 Å². The minimum absolute atomic E-state index is 0.0307. The zero-order chi connectivity index (χ0) is 15.2. The van der Waals surface area contributed by atoms with E-state index in [1.54, 1.807) is 25.3 Å². The Bertz CT molecular complexity index is 496. The van der Waals surface area contributed by atoms with Gasteiger partial charge in [0.15, 0.2) is 0 Å². The molecule has 1 aliphatic rings. The number of nitrogen functional groups attached to an aromatic ring is 1. The lowest BCUT2D eigenvalue weighted by Crippen LogP contribution is -2.26. The number of hydrogen-bond acceptors (Lipinski definition) is 4. The van der Waals surface area contributed by atoms with E-state index in [1.165, 1.54) is 0 Å². The highest BCUT2D eigenvalue weighted by Crippen LogP contribution is 2.24. The van der Waals surface area contributed by atoms with Crippen LogP contribution in [0.5, 0.6) is 0 Å². The molecule has 1 atom stereocenters. The second-order valence-corrected chi connectivity index (χ2v) is 5.86. The molecule has 2 rings (SSSR count). The van der Waals surface area contributed by atoms with Crippen LogP contribution >= 0.6 is 11.6 Å². The molecule has 0 bridgehead atoms. The first-order valence-electron chi connectivity index (χ1n) is 7.14. The highest BCUT2D eigenvalue weighted by molar-refractivity contribution is 6.34. The van der Waals surface area contributed by atoms with Gasteiger partial charge in [-0.25, -0.2) is 0 Å². The lowest BCUT2D eigenvalue weighted by atomic mass is 10.1. The van der Waals surface area contributed by atoms with Crippen molar-refractivity contribution < 1.29 is 9.53 Å². The first-order valence-corrected chi connectivity index (χ1v) is 7.52. The molecule has 116 valence electrons. The molecule has 6 heteroatoms. The summed E-state index contributed by atoms with van der Waals surface area (Å²) in [6.45, 7) is 3.59. The molecule has 1 aromatic carbocycles. The summed E-state index contributed by atoms with van der Waals surface area (Å²) in [4.78, 5) is 14.3. The molecule has 0 aliphatic carbocycles. The Labute approximate surface area is 130 Å². The summed E-state index contributed by atoms with van der Waals surface area (Å²) in [6, 6.07) is 5.07. The van der Waals surface area contributed by atoms with Gasteiger partial charge in [-0.2, -0.15) is 0 Å². The van der Waals surface area contributed by atoms with Crippen molar-refractivity contribution in [2.24, 2.45) is 5.92 Å². The largest absolute Gasteiger partial charge is 0.399 e. The number of rotatable bonds is 6. The van der Waals surface area contributed by atoms with E-state index in [2.05, 4.69) is 10.2 Å². The number of nitrogens with one attached hydrogen (secondary N) is 1. The molecule has 21 heavy (non-hydrogen) atoms. The van der Waals surface area contributed by atoms with Crippen LogP contribution in [0.25, 0.3) is 0 Å². The van der Waals surface area contributed by atoms with Gasteiger partial charge < -0.3 is 20.7 Å². The number of nitrogens with two attached hydrogens (primary N) is 1. The van der Waals surface area contributed by atoms with Crippen LogP contribution in [0, 0.1) is 5.92 Å². The number of benzene rings is 1. The van der Waals surface area contributed by atoms with E-state index in [1.807, 2.05) is 0 Å².